The molecule has 2 fully saturated rings. The summed E-state index contributed by atoms with van der Waals surface area (Å²) in [5.74, 6) is -1.78. The van der Waals surface area contributed by atoms with Gasteiger partial charge in [0.15, 0.2) is 0 Å². The summed E-state index contributed by atoms with van der Waals surface area (Å²) in [6.07, 6.45) is 2.46. The number of fused-ring (bicyclic) bond motifs is 3. The Morgan fingerprint density at radius 2 is 2.14 bits per heavy atom. The van der Waals surface area contributed by atoms with Crippen molar-refractivity contribution in [1.82, 2.24) is 4.90 Å². The molecular formula is C15H21NO5. The minimum absolute atomic E-state index is 0.0201. The van der Waals surface area contributed by atoms with Crippen molar-refractivity contribution in [2.75, 3.05) is 6.61 Å². The van der Waals surface area contributed by atoms with E-state index in [4.69, 9.17) is 0 Å². The molecule has 6 heteroatoms. The Labute approximate surface area is 123 Å². The number of amides is 1. The molecule has 3 rings (SSSR count). The number of carbonyl (C=O) groups is 2. The Hall–Kier alpha value is -1.40. The van der Waals surface area contributed by atoms with Crippen LogP contribution in [0.2, 0.25) is 0 Å². The van der Waals surface area contributed by atoms with Crippen molar-refractivity contribution >= 4 is 11.9 Å². The molecule has 2 aliphatic heterocycles. The van der Waals surface area contributed by atoms with Crippen molar-refractivity contribution in [3.05, 3.63) is 11.3 Å². The van der Waals surface area contributed by atoms with Crippen molar-refractivity contribution in [1.29, 1.82) is 0 Å². The van der Waals surface area contributed by atoms with Gasteiger partial charge in [-0.05, 0) is 37.7 Å². The van der Waals surface area contributed by atoms with E-state index in [1.807, 2.05) is 0 Å². The van der Waals surface area contributed by atoms with E-state index in [0.717, 1.165) is 24.8 Å². The van der Waals surface area contributed by atoms with Crippen molar-refractivity contribution < 1.29 is 24.9 Å². The van der Waals surface area contributed by atoms with Crippen molar-refractivity contribution in [2.45, 2.75) is 44.8 Å². The Kier molecular flexibility index (Phi) is 3.53. The smallest absolute Gasteiger partial charge is 0.352 e. The molecular weight excluding hydrogens is 274 g/mol. The number of carbonyl (C=O) groups excluding carboxylic acids is 1. The second kappa shape index (κ2) is 5.10. The molecule has 1 saturated carbocycles. The fourth-order valence-electron chi connectivity index (χ4n) is 4.46. The van der Waals surface area contributed by atoms with Gasteiger partial charge in [0.25, 0.3) is 0 Å². The molecule has 1 saturated heterocycles. The van der Waals surface area contributed by atoms with Crippen LogP contribution in [0.4, 0.5) is 0 Å². The molecule has 5 atom stereocenters. The number of rotatable bonds is 4. The molecule has 0 aromatic carbocycles. The largest absolute Gasteiger partial charge is 0.477 e. The summed E-state index contributed by atoms with van der Waals surface area (Å²) in [7, 11) is 0. The summed E-state index contributed by atoms with van der Waals surface area (Å²) in [6.45, 7) is 1.61. The molecule has 0 aromatic rings. The predicted octanol–water partition coefficient (Wildman–Crippen LogP) is 0.345. The highest BCUT2D eigenvalue weighted by Gasteiger charge is 2.62. The van der Waals surface area contributed by atoms with Crippen molar-refractivity contribution in [3.63, 3.8) is 0 Å². The van der Waals surface area contributed by atoms with Gasteiger partial charge in [0.2, 0.25) is 5.91 Å². The molecule has 2 heterocycles. The highest BCUT2D eigenvalue weighted by atomic mass is 16.4. The fraction of sp³-hybridized carbons (Fsp3) is 0.733. The quantitative estimate of drug-likeness (QED) is 0.650. The number of nitrogens with zero attached hydrogens (tertiary/aromatic N) is 1. The third-order valence-electron chi connectivity index (χ3n) is 5.22. The Balaban J connectivity index is 2.01. The second-order valence-corrected chi connectivity index (χ2v) is 6.32. The maximum absolute atomic E-state index is 12.2. The highest BCUT2D eigenvalue weighted by Crippen LogP contribution is 2.54. The topological polar surface area (TPSA) is 98.1 Å². The summed E-state index contributed by atoms with van der Waals surface area (Å²) in [5, 5.41) is 28.6. The standard InChI is InChI=1S/C15H21NO5/c1-7(18)10-12-9-4-2-3-8(5-6-17)11(9)13(15(20)21)16(12)14(10)19/h7-10,12,17-18H,2-6H2,1H3,(H,20,21)/t7-,8?,9+,10-,12-/m1/s1. The third-order valence-corrected chi connectivity index (χ3v) is 5.22. The number of hydrogen-bond donors (Lipinski definition) is 3. The summed E-state index contributed by atoms with van der Waals surface area (Å²) >= 11 is 0. The van der Waals surface area contributed by atoms with Crippen LogP contribution in [0.1, 0.15) is 32.6 Å². The Bertz CT molecular complexity index is 510. The molecule has 3 N–H and O–H groups in total. The minimum atomic E-state index is -1.07. The molecule has 1 amide bonds. The van der Waals surface area contributed by atoms with Gasteiger partial charge in [0.05, 0.1) is 18.1 Å². The van der Waals surface area contributed by atoms with Crippen molar-refractivity contribution in [2.24, 2.45) is 17.8 Å². The van der Waals surface area contributed by atoms with Gasteiger partial charge >= 0.3 is 5.97 Å². The van der Waals surface area contributed by atoms with E-state index in [1.54, 1.807) is 6.92 Å². The average Bonchev–Trinajstić information content (AvgIpc) is 2.70. The lowest BCUT2D eigenvalue weighted by Crippen LogP contribution is -2.64. The van der Waals surface area contributed by atoms with Crippen LogP contribution in [-0.2, 0) is 9.59 Å². The van der Waals surface area contributed by atoms with Gasteiger partial charge < -0.3 is 20.2 Å². The van der Waals surface area contributed by atoms with Crippen LogP contribution in [-0.4, -0.2) is 50.8 Å². The zero-order valence-corrected chi connectivity index (χ0v) is 12.0. The van der Waals surface area contributed by atoms with Crippen LogP contribution in [0, 0.1) is 17.8 Å². The van der Waals surface area contributed by atoms with Crippen LogP contribution in [0.25, 0.3) is 0 Å². The normalized spacial score (nSPS) is 36.1. The maximum atomic E-state index is 12.2. The summed E-state index contributed by atoms with van der Waals surface area (Å²) < 4.78 is 0. The first-order valence-electron chi connectivity index (χ1n) is 7.58. The van der Waals surface area contributed by atoms with Crippen LogP contribution in [0.5, 0.6) is 0 Å². The number of aliphatic hydroxyl groups is 2. The molecule has 3 aliphatic rings. The monoisotopic (exact) mass is 295 g/mol. The zero-order chi connectivity index (χ0) is 15.3. The second-order valence-electron chi connectivity index (χ2n) is 6.32. The molecule has 1 unspecified atom stereocenters. The molecule has 0 aromatic heterocycles. The summed E-state index contributed by atoms with van der Waals surface area (Å²) in [5.41, 5.74) is 0.939. The predicted molar refractivity (Wildman–Crippen MR) is 73.0 cm³/mol. The van der Waals surface area contributed by atoms with Gasteiger partial charge in [0, 0.05) is 12.5 Å². The number of carboxylic acid groups (broad SMARTS) is 1. The first kappa shape index (κ1) is 14.5. The van der Waals surface area contributed by atoms with E-state index in [9.17, 15) is 24.9 Å². The molecule has 116 valence electrons. The molecule has 0 spiro atoms. The number of aliphatic carboxylic acids is 1. The van der Waals surface area contributed by atoms with E-state index >= 15 is 0 Å². The molecule has 21 heavy (non-hydrogen) atoms. The van der Waals surface area contributed by atoms with Crippen LogP contribution >= 0.6 is 0 Å². The van der Waals surface area contributed by atoms with Gasteiger partial charge in [-0.3, -0.25) is 4.79 Å². The lowest BCUT2D eigenvalue weighted by molar-refractivity contribution is -0.163. The maximum Gasteiger partial charge on any atom is 0.352 e. The van der Waals surface area contributed by atoms with Gasteiger partial charge in [-0.1, -0.05) is 6.42 Å². The number of β-lactam (4-membered cyclic amide) rings is 1. The molecule has 0 radical (unpaired) electrons. The zero-order valence-electron chi connectivity index (χ0n) is 12.0. The fourth-order valence-corrected chi connectivity index (χ4v) is 4.46. The molecule has 6 nitrogen and oxygen atoms in total. The van der Waals surface area contributed by atoms with Crippen LogP contribution < -0.4 is 0 Å². The molecule has 0 bridgehead atoms. The van der Waals surface area contributed by atoms with E-state index in [-0.39, 0.29) is 36.1 Å². The average molecular weight is 295 g/mol. The number of aliphatic hydroxyl groups excluding tert-OH is 2. The van der Waals surface area contributed by atoms with Gasteiger partial charge in [-0.15, -0.1) is 0 Å². The molecule has 1 aliphatic carbocycles. The SMILES string of the molecule is C[C@@H](O)[C@H]1C(=O)N2C(C(=O)O)=C3C(CCO)CCC[C@@H]3[C@H]12. The van der Waals surface area contributed by atoms with E-state index < -0.39 is 18.0 Å². The first-order valence-corrected chi connectivity index (χ1v) is 7.58. The Morgan fingerprint density at radius 3 is 2.71 bits per heavy atom. The van der Waals surface area contributed by atoms with Gasteiger partial charge in [-0.25, -0.2) is 4.79 Å². The lowest BCUT2D eigenvalue weighted by Gasteiger charge is -2.47. The van der Waals surface area contributed by atoms with E-state index in [0.29, 0.717) is 6.42 Å². The first-order chi connectivity index (χ1) is 9.99. The highest BCUT2D eigenvalue weighted by molar-refractivity contribution is 6.00. The van der Waals surface area contributed by atoms with Crippen LogP contribution in [0.3, 0.4) is 0 Å². The Morgan fingerprint density at radius 1 is 1.43 bits per heavy atom. The summed E-state index contributed by atoms with van der Waals surface area (Å²) in [6, 6.07) is -0.208. The minimum Gasteiger partial charge on any atom is -0.477 e. The summed E-state index contributed by atoms with van der Waals surface area (Å²) in [4.78, 5) is 25.3. The van der Waals surface area contributed by atoms with E-state index in [2.05, 4.69) is 0 Å². The van der Waals surface area contributed by atoms with Crippen molar-refractivity contribution in [3.8, 4) is 0 Å². The number of hydrogen-bond acceptors (Lipinski definition) is 4. The van der Waals surface area contributed by atoms with Gasteiger partial charge in [0.1, 0.15) is 5.70 Å². The number of carboxylic acids is 1. The van der Waals surface area contributed by atoms with E-state index in [1.165, 1.54) is 4.90 Å². The van der Waals surface area contributed by atoms with Crippen LogP contribution in [0.15, 0.2) is 11.3 Å². The van der Waals surface area contributed by atoms with Gasteiger partial charge in [-0.2, -0.15) is 0 Å². The lowest BCUT2D eigenvalue weighted by atomic mass is 9.69. The third kappa shape index (κ3) is 1.92.